The molecule has 1 rings (SSSR count). The molecule has 0 bridgehead atoms. The summed E-state index contributed by atoms with van der Waals surface area (Å²) in [7, 11) is -0.302. The second kappa shape index (κ2) is 6.65. The van der Waals surface area contributed by atoms with Gasteiger partial charge in [0.15, 0.2) is 0 Å². The molecule has 0 saturated heterocycles. The van der Waals surface area contributed by atoms with Crippen LogP contribution < -0.4 is 14.2 Å². The molecular formula is C13H21NO4S. The van der Waals surface area contributed by atoms with E-state index in [9.17, 15) is 8.42 Å². The number of rotatable bonds is 7. The minimum atomic E-state index is -3.35. The molecule has 0 atom stereocenters. The highest BCUT2D eigenvalue weighted by Crippen LogP contribution is 2.33. The van der Waals surface area contributed by atoms with Crippen LogP contribution in [0.1, 0.15) is 25.3 Å². The summed E-state index contributed by atoms with van der Waals surface area (Å²) in [5.41, 5.74) is 1.29. The lowest BCUT2D eigenvalue weighted by Gasteiger charge is -2.14. The van der Waals surface area contributed by atoms with E-state index in [0.717, 1.165) is 12.0 Å². The Morgan fingerprint density at radius 1 is 1.16 bits per heavy atom. The van der Waals surface area contributed by atoms with Gasteiger partial charge in [0.1, 0.15) is 11.5 Å². The molecule has 0 amide bonds. The molecule has 0 spiro atoms. The number of benzene rings is 1. The van der Waals surface area contributed by atoms with Crippen molar-refractivity contribution in [3.8, 4) is 11.5 Å². The number of ether oxygens (including phenoxy) is 2. The lowest BCUT2D eigenvalue weighted by Crippen LogP contribution is -2.17. The fourth-order valence-electron chi connectivity index (χ4n) is 1.68. The summed E-state index contributed by atoms with van der Waals surface area (Å²) in [6, 6.07) is 3.38. The average molecular weight is 287 g/mol. The van der Waals surface area contributed by atoms with Crippen molar-refractivity contribution in [2.75, 3.05) is 24.7 Å². The average Bonchev–Trinajstić information content (AvgIpc) is 2.37. The molecule has 1 N–H and O–H groups in total. The molecule has 6 heteroatoms. The van der Waals surface area contributed by atoms with Gasteiger partial charge >= 0.3 is 0 Å². The van der Waals surface area contributed by atoms with E-state index in [4.69, 9.17) is 9.47 Å². The third-order valence-electron chi connectivity index (χ3n) is 2.75. The van der Waals surface area contributed by atoms with Gasteiger partial charge in [-0.25, -0.2) is 8.42 Å². The molecule has 0 fully saturated rings. The standard InChI is InChI=1S/C13H21NO4S/c1-5-6-7-19(15,16)14-11-9-12(17-3)10(2)8-13(11)18-4/h8-9,14H,5-7H2,1-4H3. The Morgan fingerprint density at radius 3 is 2.32 bits per heavy atom. The summed E-state index contributed by atoms with van der Waals surface area (Å²) in [4.78, 5) is 0. The van der Waals surface area contributed by atoms with Gasteiger partial charge < -0.3 is 9.47 Å². The maximum atomic E-state index is 11.9. The molecule has 1 aromatic rings. The van der Waals surface area contributed by atoms with Crippen LogP contribution >= 0.6 is 0 Å². The second-order valence-electron chi connectivity index (χ2n) is 4.30. The molecule has 108 valence electrons. The van der Waals surface area contributed by atoms with Crippen LogP contribution in [-0.2, 0) is 10.0 Å². The summed E-state index contributed by atoms with van der Waals surface area (Å²) < 4.78 is 36.7. The molecule has 0 aliphatic rings. The summed E-state index contributed by atoms with van der Waals surface area (Å²) in [6.07, 6.45) is 1.45. The van der Waals surface area contributed by atoms with Crippen molar-refractivity contribution in [2.24, 2.45) is 0 Å². The molecule has 1 aromatic carbocycles. The number of methoxy groups -OCH3 is 2. The Bertz CT molecular complexity index is 526. The van der Waals surface area contributed by atoms with Crippen molar-refractivity contribution >= 4 is 15.7 Å². The molecule has 0 radical (unpaired) electrons. The van der Waals surface area contributed by atoms with Gasteiger partial charge in [-0.1, -0.05) is 13.3 Å². The van der Waals surface area contributed by atoms with Gasteiger partial charge in [-0.2, -0.15) is 0 Å². The van der Waals surface area contributed by atoms with Crippen LogP contribution in [-0.4, -0.2) is 28.4 Å². The van der Waals surface area contributed by atoms with Crippen LogP contribution in [0, 0.1) is 6.92 Å². The zero-order valence-corrected chi connectivity index (χ0v) is 12.6. The second-order valence-corrected chi connectivity index (χ2v) is 6.14. The van der Waals surface area contributed by atoms with E-state index in [0.29, 0.717) is 23.6 Å². The van der Waals surface area contributed by atoms with Crippen LogP contribution in [0.5, 0.6) is 11.5 Å². The first-order valence-corrected chi connectivity index (χ1v) is 7.81. The van der Waals surface area contributed by atoms with Crippen LogP contribution in [0.15, 0.2) is 12.1 Å². The quantitative estimate of drug-likeness (QED) is 0.837. The minimum Gasteiger partial charge on any atom is -0.496 e. The third-order valence-corrected chi connectivity index (χ3v) is 4.11. The van der Waals surface area contributed by atoms with Gasteiger partial charge in [-0.05, 0) is 25.0 Å². The highest BCUT2D eigenvalue weighted by atomic mass is 32.2. The summed E-state index contributed by atoms with van der Waals surface area (Å²) in [6.45, 7) is 3.82. The SMILES string of the molecule is CCCCS(=O)(=O)Nc1cc(OC)c(C)cc1OC. The van der Waals surface area contributed by atoms with E-state index in [1.165, 1.54) is 7.11 Å². The largest absolute Gasteiger partial charge is 0.496 e. The summed E-state index contributed by atoms with van der Waals surface area (Å²) in [5, 5.41) is 0. The first-order chi connectivity index (χ1) is 8.93. The third kappa shape index (κ3) is 4.31. The van der Waals surface area contributed by atoms with Crippen molar-refractivity contribution in [3.05, 3.63) is 17.7 Å². The zero-order valence-electron chi connectivity index (χ0n) is 11.8. The Hall–Kier alpha value is -1.43. The zero-order chi connectivity index (χ0) is 14.5. The molecule has 0 aromatic heterocycles. The Morgan fingerprint density at radius 2 is 1.79 bits per heavy atom. The number of anilines is 1. The lowest BCUT2D eigenvalue weighted by molar-refractivity contribution is 0.402. The smallest absolute Gasteiger partial charge is 0.232 e. The number of hydrogen-bond donors (Lipinski definition) is 1. The Kier molecular flexibility index (Phi) is 5.47. The first kappa shape index (κ1) is 15.6. The summed E-state index contributed by atoms with van der Waals surface area (Å²) in [5.74, 6) is 1.20. The predicted octanol–water partition coefficient (Wildman–Crippen LogP) is 2.55. The van der Waals surface area contributed by atoms with Crippen molar-refractivity contribution in [2.45, 2.75) is 26.7 Å². The predicted molar refractivity (Wildman–Crippen MR) is 76.6 cm³/mol. The van der Waals surface area contributed by atoms with E-state index in [1.807, 2.05) is 13.8 Å². The van der Waals surface area contributed by atoms with E-state index in [2.05, 4.69) is 4.72 Å². The van der Waals surface area contributed by atoms with Gasteiger partial charge in [0.25, 0.3) is 0 Å². The number of hydrogen-bond acceptors (Lipinski definition) is 4. The van der Waals surface area contributed by atoms with Gasteiger partial charge in [-0.3, -0.25) is 4.72 Å². The minimum absolute atomic E-state index is 0.100. The van der Waals surface area contributed by atoms with Crippen molar-refractivity contribution < 1.29 is 17.9 Å². The maximum Gasteiger partial charge on any atom is 0.232 e. The van der Waals surface area contributed by atoms with E-state index < -0.39 is 10.0 Å². The van der Waals surface area contributed by atoms with Gasteiger partial charge in [0.05, 0.1) is 25.7 Å². The number of unbranched alkanes of at least 4 members (excludes halogenated alkanes) is 1. The molecule has 19 heavy (non-hydrogen) atoms. The molecule has 0 heterocycles. The van der Waals surface area contributed by atoms with E-state index in [-0.39, 0.29) is 5.75 Å². The highest BCUT2D eigenvalue weighted by Gasteiger charge is 2.15. The van der Waals surface area contributed by atoms with Gasteiger partial charge in [0.2, 0.25) is 10.0 Å². The van der Waals surface area contributed by atoms with Crippen LogP contribution in [0.3, 0.4) is 0 Å². The number of sulfonamides is 1. The Balaban J connectivity index is 3.05. The lowest BCUT2D eigenvalue weighted by atomic mass is 10.2. The first-order valence-electron chi connectivity index (χ1n) is 6.16. The van der Waals surface area contributed by atoms with E-state index in [1.54, 1.807) is 19.2 Å². The molecular weight excluding hydrogens is 266 g/mol. The topological polar surface area (TPSA) is 64.6 Å². The fourth-order valence-corrected chi connectivity index (χ4v) is 2.95. The molecule has 0 aliphatic carbocycles. The fraction of sp³-hybridized carbons (Fsp3) is 0.538. The van der Waals surface area contributed by atoms with Crippen LogP contribution in [0.25, 0.3) is 0 Å². The van der Waals surface area contributed by atoms with Gasteiger partial charge in [-0.15, -0.1) is 0 Å². The summed E-state index contributed by atoms with van der Waals surface area (Å²) >= 11 is 0. The highest BCUT2D eigenvalue weighted by molar-refractivity contribution is 7.92. The van der Waals surface area contributed by atoms with Crippen LogP contribution in [0.4, 0.5) is 5.69 Å². The monoisotopic (exact) mass is 287 g/mol. The van der Waals surface area contributed by atoms with E-state index >= 15 is 0 Å². The molecule has 0 unspecified atom stereocenters. The molecule has 0 aliphatic heterocycles. The molecule has 5 nitrogen and oxygen atoms in total. The van der Waals surface area contributed by atoms with Gasteiger partial charge in [0, 0.05) is 6.07 Å². The van der Waals surface area contributed by atoms with Crippen LogP contribution in [0.2, 0.25) is 0 Å². The van der Waals surface area contributed by atoms with Crippen molar-refractivity contribution in [1.82, 2.24) is 0 Å². The Labute approximate surface area is 115 Å². The normalized spacial score (nSPS) is 11.2. The maximum absolute atomic E-state index is 11.9. The molecule has 0 saturated carbocycles. The van der Waals surface area contributed by atoms with Crippen molar-refractivity contribution in [1.29, 1.82) is 0 Å². The number of nitrogens with one attached hydrogen (secondary N) is 1. The van der Waals surface area contributed by atoms with Crippen molar-refractivity contribution in [3.63, 3.8) is 0 Å². The number of aryl methyl sites for hydroxylation is 1.